The third-order valence-corrected chi connectivity index (χ3v) is 3.31. The van der Waals surface area contributed by atoms with E-state index in [0.717, 1.165) is 25.7 Å². The number of amides is 1. The lowest BCUT2D eigenvalue weighted by atomic mass is 9.87. The zero-order valence-corrected chi connectivity index (χ0v) is 8.87. The first-order chi connectivity index (χ1) is 7.28. The largest absolute Gasteiger partial charge is 0.271 e. The van der Waals surface area contributed by atoms with E-state index in [0.29, 0.717) is 26.0 Å². The molecule has 1 amide bonds. The van der Waals surface area contributed by atoms with Crippen molar-refractivity contribution in [1.82, 2.24) is 5.06 Å². The zero-order valence-electron chi connectivity index (χ0n) is 8.87. The lowest BCUT2D eigenvalue weighted by Crippen LogP contribution is -2.44. The number of hydrogen-bond acceptors (Lipinski definition) is 3. The van der Waals surface area contributed by atoms with E-state index in [-0.39, 0.29) is 5.91 Å². The van der Waals surface area contributed by atoms with Gasteiger partial charge in [0, 0.05) is 6.54 Å². The highest BCUT2D eigenvalue weighted by Crippen LogP contribution is 2.39. The molecule has 1 aliphatic carbocycles. The van der Waals surface area contributed by atoms with Crippen molar-refractivity contribution >= 4 is 5.91 Å². The first-order valence-electron chi connectivity index (χ1n) is 5.65. The summed E-state index contributed by atoms with van der Waals surface area (Å²) < 4.78 is 0. The van der Waals surface area contributed by atoms with Crippen molar-refractivity contribution in [2.45, 2.75) is 38.5 Å². The third-order valence-electron chi connectivity index (χ3n) is 3.31. The summed E-state index contributed by atoms with van der Waals surface area (Å²) in [6, 6.07) is 2.20. The lowest BCUT2D eigenvalue weighted by molar-refractivity contribution is -0.204. The number of hydroxylamine groups is 2. The molecule has 82 valence electrons. The van der Waals surface area contributed by atoms with E-state index in [1.807, 2.05) is 0 Å². The smallest absolute Gasteiger partial charge is 0.266 e. The summed E-state index contributed by atoms with van der Waals surface area (Å²) in [5, 5.41) is 10.6. The second kappa shape index (κ2) is 4.19. The molecule has 1 saturated carbocycles. The van der Waals surface area contributed by atoms with Crippen LogP contribution in [-0.4, -0.2) is 24.1 Å². The maximum absolute atomic E-state index is 12.1. The second-order valence-electron chi connectivity index (χ2n) is 4.35. The van der Waals surface area contributed by atoms with Gasteiger partial charge in [0.15, 0.2) is 0 Å². The summed E-state index contributed by atoms with van der Waals surface area (Å²) in [5.74, 6) is -0.109. The number of rotatable bonds is 1. The molecule has 0 bridgehead atoms. The average molecular weight is 208 g/mol. The molecule has 1 aliphatic heterocycles. The Labute approximate surface area is 89.8 Å². The number of hydrogen-bond donors (Lipinski definition) is 0. The standard InChI is InChI=1S/C11H16N2O2/c12-9-11(5-1-2-6-11)10(14)13-7-3-4-8-15-13/h1-8H2. The van der Waals surface area contributed by atoms with Crippen molar-refractivity contribution in [2.24, 2.45) is 5.41 Å². The van der Waals surface area contributed by atoms with Gasteiger partial charge in [-0.3, -0.25) is 9.63 Å². The minimum atomic E-state index is -0.780. The monoisotopic (exact) mass is 208 g/mol. The molecule has 2 fully saturated rings. The first kappa shape index (κ1) is 10.4. The Balaban J connectivity index is 2.08. The van der Waals surface area contributed by atoms with Crippen LogP contribution in [0.25, 0.3) is 0 Å². The molecule has 4 heteroatoms. The summed E-state index contributed by atoms with van der Waals surface area (Å²) in [7, 11) is 0. The van der Waals surface area contributed by atoms with Gasteiger partial charge >= 0.3 is 0 Å². The molecule has 0 aromatic rings. The molecule has 0 spiro atoms. The molecule has 2 aliphatic rings. The van der Waals surface area contributed by atoms with E-state index in [1.54, 1.807) is 0 Å². The number of carbonyl (C=O) groups excluding carboxylic acids is 1. The molecule has 4 nitrogen and oxygen atoms in total. The fourth-order valence-corrected chi connectivity index (χ4v) is 2.35. The van der Waals surface area contributed by atoms with Crippen LogP contribution >= 0.6 is 0 Å². The second-order valence-corrected chi connectivity index (χ2v) is 4.35. The number of carbonyl (C=O) groups is 1. The van der Waals surface area contributed by atoms with E-state index in [2.05, 4.69) is 6.07 Å². The molecule has 0 radical (unpaired) electrons. The Morgan fingerprint density at radius 2 is 2.00 bits per heavy atom. The number of nitrogens with zero attached hydrogens (tertiary/aromatic N) is 2. The van der Waals surface area contributed by atoms with Crippen LogP contribution < -0.4 is 0 Å². The van der Waals surface area contributed by atoms with E-state index in [1.165, 1.54) is 5.06 Å². The first-order valence-corrected chi connectivity index (χ1v) is 5.65. The van der Waals surface area contributed by atoms with E-state index in [4.69, 9.17) is 10.1 Å². The summed E-state index contributed by atoms with van der Waals surface area (Å²) in [4.78, 5) is 17.4. The maximum Gasteiger partial charge on any atom is 0.266 e. The lowest BCUT2D eigenvalue weighted by Gasteiger charge is -2.31. The Morgan fingerprint density at radius 3 is 2.53 bits per heavy atom. The van der Waals surface area contributed by atoms with Crippen molar-refractivity contribution in [3.8, 4) is 6.07 Å². The minimum Gasteiger partial charge on any atom is -0.271 e. The molecule has 0 atom stereocenters. The van der Waals surface area contributed by atoms with E-state index >= 15 is 0 Å². The van der Waals surface area contributed by atoms with E-state index in [9.17, 15) is 4.79 Å². The molecule has 2 rings (SSSR count). The predicted molar refractivity (Wildman–Crippen MR) is 53.4 cm³/mol. The Kier molecular flexibility index (Phi) is 2.92. The third kappa shape index (κ3) is 1.84. The summed E-state index contributed by atoms with van der Waals surface area (Å²) >= 11 is 0. The quantitative estimate of drug-likeness (QED) is 0.658. The van der Waals surface area contributed by atoms with E-state index < -0.39 is 5.41 Å². The number of nitriles is 1. The van der Waals surface area contributed by atoms with Crippen LogP contribution in [0.1, 0.15) is 38.5 Å². The van der Waals surface area contributed by atoms with Crippen molar-refractivity contribution in [2.75, 3.05) is 13.2 Å². The molecular formula is C11H16N2O2. The van der Waals surface area contributed by atoms with Crippen LogP contribution in [0.3, 0.4) is 0 Å². The van der Waals surface area contributed by atoms with Crippen LogP contribution in [0.2, 0.25) is 0 Å². The van der Waals surface area contributed by atoms with Gasteiger partial charge in [-0.25, -0.2) is 5.06 Å². The van der Waals surface area contributed by atoms with Crippen LogP contribution in [-0.2, 0) is 9.63 Å². The normalized spacial score (nSPS) is 24.9. The molecule has 0 N–H and O–H groups in total. The zero-order chi connectivity index (χ0) is 10.7. The van der Waals surface area contributed by atoms with Gasteiger partial charge in [0.05, 0.1) is 12.7 Å². The SMILES string of the molecule is N#CC1(C(=O)N2CCCCO2)CCCC1. The fraction of sp³-hybridized carbons (Fsp3) is 0.818. The van der Waals surface area contributed by atoms with Gasteiger partial charge < -0.3 is 0 Å². The van der Waals surface area contributed by atoms with Crippen molar-refractivity contribution in [3.63, 3.8) is 0 Å². The fourth-order valence-electron chi connectivity index (χ4n) is 2.35. The van der Waals surface area contributed by atoms with Gasteiger partial charge in [-0.1, -0.05) is 12.8 Å². The van der Waals surface area contributed by atoms with Crippen LogP contribution in [0.4, 0.5) is 0 Å². The molecule has 1 saturated heterocycles. The molecule has 0 unspecified atom stereocenters. The average Bonchev–Trinajstić information content (AvgIpc) is 2.79. The van der Waals surface area contributed by atoms with Gasteiger partial charge in [-0.2, -0.15) is 5.26 Å². The van der Waals surface area contributed by atoms with Crippen molar-refractivity contribution in [1.29, 1.82) is 5.26 Å². The topological polar surface area (TPSA) is 53.3 Å². The van der Waals surface area contributed by atoms with Gasteiger partial charge in [0.2, 0.25) is 0 Å². The Hall–Kier alpha value is -1.08. The highest BCUT2D eigenvalue weighted by atomic mass is 16.7. The van der Waals surface area contributed by atoms with Gasteiger partial charge in [0.25, 0.3) is 5.91 Å². The highest BCUT2D eigenvalue weighted by molar-refractivity contribution is 5.85. The van der Waals surface area contributed by atoms with Gasteiger partial charge in [0.1, 0.15) is 5.41 Å². The van der Waals surface area contributed by atoms with Crippen LogP contribution in [0.5, 0.6) is 0 Å². The van der Waals surface area contributed by atoms with Gasteiger partial charge in [-0.15, -0.1) is 0 Å². The minimum absolute atomic E-state index is 0.109. The summed E-state index contributed by atoms with van der Waals surface area (Å²) in [6.07, 6.45) is 5.33. The molecule has 15 heavy (non-hydrogen) atoms. The van der Waals surface area contributed by atoms with Gasteiger partial charge in [-0.05, 0) is 25.7 Å². The summed E-state index contributed by atoms with van der Waals surface area (Å²) in [5.41, 5.74) is -0.780. The van der Waals surface area contributed by atoms with Crippen molar-refractivity contribution < 1.29 is 9.63 Å². The molecule has 0 aromatic heterocycles. The van der Waals surface area contributed by atoms with Crippen LogP contribution in [0.15, 0.2) is 0 Å². The van der Waals surface area contributed by atoms with Crippen LogP contribution in [0, 0.1) is 16.7 Å². The molecule has 0 aromatic carbocycles. The Morgan fingerprint density at radius 1 is 1.27 bits per heavy atom. The Bertz CT molecular complexity index is 283. The van der Waals surface area contributed by atoms with Crippen molar-refractivity contribution in [3.05, 3.63) is 0 Å². The molecule has 1 heterocycles. The molecular weight excluding hydrogens is 192 g/mol. The summed E-state index contributed by atoms with van der Waals surface area (Å²) in [6.45, 7) is 1.25. The maximum atomic E-state index is 12.1. The highest BCUT2D eigenvalue weighted by Gasteiger charge is 2.44. The predicted octanol–water partition coefficient (Wildman–Crippen LogP) is 1.62.